The maximum atomic E-state index is 9.57. The molecule has 0 saturated carbocycles. The molecule has 0 atom stereocenters. The van der Waals surface area contributed by atoms with Gasteiger partial charge in [0, 0.05) is 19.3 Å². The molecule has 1 fully saturated rings. The van der Waals surface area contributed by atoms with Crippen LogP contribution in [0.1, 0.15) is 31.5 Å². The van der Waals surface area contributed by atoms with Crippen molar-refractivity contribution >= 4 is 16.6 Å². The molecular formula is C16H18N4. The number of nitriles is 1. The maximum absolute atomic E-state index is 9.57. The first-order chi connectivity index (χ1) is 9.81. The smallest absolute Gasteiger partial charge is 0.153 e. The van der Waals surface area contributed by atoms with Crippen molar-refractivity contribution in [1.29, 1.82) is 5.26 Å². The number of para-hydroxylation sites is 2. The van der Waals surface area contributed by atoms with E-state index in [1.54, 1.807) is 0 Å². The summed E-state index contributed by atoms with van der Waals surface area (Å²) in [5.41, 5.74) is 3.73. The normalized spacial score (nSPS) is 18.2. The number of fused-ring (bicyclic) bond motifs is 1. The van der Waals surface area contributed by atoms with Gasteiger partial charge >= 0.3 is 0 Å². The summed E-state index contributed by atoms with van der Waals surface area (Å²) in [5.74, 6) is 0.762. The van der Waals surface area contributed by atoms with Crippen LogP contribution in [0.2, 0.25) is 0 Å². The molecule has 1 aromatic carbocycles. The second-order valence-electron chi connectivity index (χ2n) is 5.19. The number of hydrogen-bond donors (Lipinski definition) is 1. The fourth-order valence-electron chi connectivity index (χ4n) is 2.77. The van der Waals surface area contributed by atoms with Gasteiger partial charge in [0.05, 0.1) is 11.0 Å². The zero-order chi connectivity index (χ0) is 13.9. The van der Waals surface area contributed by atoms with Crippen LogP contribution in [-0.4, -0.2) is 16.1 Å². The van der Waals surface area contributed by atoms with Gasteiger partial charge < -0.3 is 9.88 Å². The summed E-state index contributed by atoms with van der Waals surface area (Å²) in [6, 6.07) is 10.3. The van der Waals surface area contributed by atoms with E-state index in [1.165, 1.54) is 12.8 Å². The van der Waals surface area contributed by atoms with Crippen molar-refractivity contribution in [3.63, 3.8) is 0 Å². The lowest BCUT2D eigenvalue weighted by atomic mass is 10.1. The Balaban J connectivity index is 2.14. The summed E-state index contributed by atoms with van der Waals surface area (Å²) in [4.78, 5) is 4.63. The first-order valence-corrected chi connectivity index (χ1v) is 7.10. The number of nitrogens with one attached hydrogen (secondary N) is 1. The fourth-order valence-corrected chi connectivity index (χ4v) is 2.77. The molecular weight excluding hydrogens is 248 g/mol. The van der Waals surface area contributed by atoms with E-state index in [9.17, 15) is 5.26 Å². The lowest BCUT2D eigenvalue weighted by molar-refractivity contribution is 0.721. The number of imidazole rings is 1. The summed E-state index contributed by atoms with van der Waals surface area (Å²) in [7, 11) is 1.97. The average Bonchev–Trinajstić information content (AvgIpc) is 2.68. The Hall–Kier alpha value is -2.28. The summed E-state index contributed by atoms with van der Waals surface area (Å²) < 4.78 is 2.01. The lowest BCUT2D eigenvalue weighted by Gasteiger charge is -2.09. The predicted octanol–water partition coefficient (Wildman–Crippen LogP) is 2.97. The van der Waals surface area contributed by atoms with E-state index >= 15 is 0 Å². The quantitative estimate of drug-likeness (QED) is 0.807. The Kier molecular flexibility index (Phi) is 3.42. The number of benzene rings is 1. The minimum atomic E-state index is 0.686. The van der Waals surface area contributed by atoms with Gasteiger partial charge in [-0.15, -0.1) is 0 Å². The number of rotatable bonds is 1. The molecule has 1 aliphatic rings. The topological polar surface area (TPSA) is 53.6 Å². The van der Waals surface area contributed by atoms with Gasteiger partial charge in [-0.3, -0.25) is 0 Å². The van der Waals surface area contributed by atoms with Gasteiger partial charge in [-0.25, -0.2) is 4.98 Å². The van der Waals surface area contributed by atoms with Crippen LogP contribution in [0.15, 0.2) is 30.0 Å². The molecule has 0 radical (unpaired) electrons. The highest BCUT2D eigenvalue weighted by molar-refractivity contribution is 5.84. The van der Waals surface area contributed by atoms with Gasteiger partial charge in [0.25, 0.3) is 0 Å². The highest BCUT2D eigenvalue weighted by Crippen LogP contribution is 2.24. The van der Waals surface area contributed by atoms with Crippen molar-refractivity contribution in [3.8, 4) is 6.07 Å². The van der Waals surface area contributed by atoms with E-state index in [2.05, 4.69) is 16.4 Å². The molecule has 4 heteroatoms. The van der Waals surface area contributed by atoms with Gasteiger partial charge in [0.2, 0.25) is 0 Å². The monoisotopic (exact) mass is 266 g/mol. The molecule has 20 heavy (non-hydrogen) atoms. The number of aromatic nitrogens is 2. The summed E-state index contributed by atoms with van der Waals surface area (Å²) in [6.45, 7) is 0.949. The number of aryl methyl sites for hydroxylation is 1. The molecule has 0 unspecified atom stereocenters. The van der Waals surface area contributed by atoms with Crippen molar-refractivity contribution in [2.45, 2.75) is 25.7 Å². The molecule has 1 aliphatic heterocycles. The zero-order valence-electron chi connectivity index (χ0n) is 11.7. The van der Waals surface area contributed by atoms with Crippen LogP contribution >= 0.6 is 0 Å². The highest BCUT2D eigenvalue weighted by Gasteiger charge is 2.17. The van der Waals surface area contributed by atoms with Crippen molar-refractivity contribution in [1.82, 2.24) is 14.9 Å². The maximum Gasteiger partial charge on any atom is 0.153 e. The van der Waals surface area contributed by atoms with E-state index in [0.29, 0.717) is 5.57 Å². The molecule has 3 rings (SSSR count). The molecule has 1 saturated heterocycles. The van der Waals surface area contributed by atoms with Gasteiger partial charge in [-0.2, -0.15) is 5.26 Å². The molecule has 1 N–H and O–H groups in total. The van der Waals surface area contributed by atoms with Gasteiger partial charge in [-0.05, 0) is 31.4 Å². The molecule has 0 aliphatic carbocycles. The third-order valence-corrected chi connectivity index (χ3v) is 3.87. The number of hydrogen-bond acceptors (Lipinski definition) is 3. The Morgan fingerprint density at radius 3 is 2.95 bits per heavy atom. The summed E-state index contributed by atoms with van der Waals surface area (Å²) in [6.07, 6.45) is 4.46. The highest BCUT2D eigenvalue weighted by atomic mass is 15.1. The van der Waals surface area contributed by atoms with Gasteiger partial charge in [0.15, 0.2) is 5.82 Å². The molecule has 4 nitrogen and oxygen atoms in total. The van der Waals surface area contributed by atoms with Crippen LogP contribution in [0.4, 0.5) is 0 Å². The third kappa shape index (κ3) is 2.16. The minimum absolute atomic E-state index is 0.686. The second kappa shape index (κ2) is 5.38. The van der Waals surface area contributed by atoms with Crippen LogP contribution < -0.4 is 5.32 Å². The van der Waals surface area contributed by atoms with E-state index in [1.807, 2.05) is 35.9 Å². The van der Waals surface area contributed by atoms with Crippen LogP contribution in [0.3, 0.4) is 0 Å². The van der Waals surface area contributed by atoms with Crippen LogP contribution in [0, 0.1) is 11.3 Å². The van der Waals surface area contributed by atoms with Crippen LogP contribution in [-0.2, 0) is 7.05 Å². The number of nitrogens with zero attached hydrogens (tertiary/aromatic N) is 3. The standard InChI is InChI=1S/C16H18N4/c1-20-15-9-5-4-8-14(15)19-16(20)12(11-17)13-7-3-2-6-10-18-13/h4-5,8-9,18H,2-3,6-7,10H2,1H3. The van der Waals surface area contributed by atoms with E-state index in [-0.39, 0.29) is 0 Å². The van der Waals surface area contributed by atoms with Crippen molar-refractivity contribution in [2.24, 2.45) is 7.05 Å². The molecule has 0 bridgehead atoms. The first-order valence-electron chi connectivity index (χ1n) is 7.10. The van der Waals surface area contributed by atoms with E-state index in [0.717, 1.165) is 41.9 Å². The molecule has 2 aromatic rings. The molecule has 102 valence electrons. The largest absolute Gasteiger partial charge is 0.387 e. The van der Waals surface area contributed by atoms with Gasteiger partial charge in [-0.1, -0.05) is 18.6 Å². The molecule has 0 amide bonds. The van der Waals surface area contributed by atoms with Crippen LogP contribution in [0.5, 0.6) is 0 Å². The van der Waals surface area contributed by atoms with Crippen molar-refractivity contribution in [2.75, 3.05) is 6.54 Å². The second-order valence-corrected chi connectivity index (χ2v) is 5.19. The molecule has 1 aromatic heterocycles. The Morgan fingerprint density at radius 1 is 1.30 bits per heavy atom. The Bertz CT molecular complexity index is 693. The van der Waals surface area contributed by atoms with Crippen molar-refractivity contribution in [3.05, 3.63) is 35.8 Å². The first kappa shape index (κ1) is 12.7. The number of allylic oxidation sites excluding steroid dienone is 2. The Labute approximate surface area is 118 Å². The van der Waals surface area contributed by atoms with E-state index < -0.39 is 0 Å². The summed E-state index contributed by atoms with van der Waals surface area (Å²) >= 11 is 0. The fraction of sp³-hybridized carbons (Fsp3) is 0.375. The molecule has 0 spiro atoms. The zero-order valence-corrected chi connectivity index (χ0v) is 11.7. The van der Waals surface area contributed by atoms with E-state index in [4.69, 9.17) is 0 Å². The van der Waals surface area contributed by atoms with Gasteiger partial charge in [0.1, 0.15) is 11.6 Å². The minimum Gasteiger partial charge on any atom is -0.387 e. The van der Waals surface area contributed by atoms with Crippen LogP contribution in [0.25, 0.3) is 16.6 Å². The summed E-state index contributed by atoms with van der Waals surface area (Å²) in [5, 5.41) is 13.0. The van der Waals surface area contributed by atoms with Crippen molar-refractivity contribution < 1.29 is 0 Å². The lowest BCUT2D eigenvalue weighted by Crippen LogP contribution is -2.15. The third-order valence-electron chi connectivity index (χ3n) is 3.87. The average molecular weight is 266 g/mol. The Morgan fingerprint density at radius 2 is 2.15 bits per heavy atom. The molecule has 2 heterocycles. The SMILES string of the molecule is Cn1c(C(C#N)=C2CCCCCN2)nc2ccccc21. The predicted molar refractivity (Wildman–Crippen MR) is 79.7 cm³/mol.